The summed E-state index contributed by atoms with van der Waals surface area (Å²) in [4.78, 5) is 11.9. The summed E-state index contributed by atoms with van der Waals surface area (Å²) >= 11 is 3.56. The summed E-state index contributed by atoms with van der Waals surface area (Å²) in [5, 5.41) is 0. The summed E-state index contributed by atoms with van der Waals surface area (Å²) in [5.41, 5.74) is 3.26. The fraction of sp³-hybridized carbons (Fsp3) is 0.174. The number of hydrogen-bond acceptors (Lipinski definition) is 2. The smallest absolute Gasteiger partial charge is 0.130 e. The molecule has 2 nitrogen and oxygen atoms in total. The average Bonchev–Trinajstić information content (AvgIpc) is 2.66. The summed E-state index contributed by atoms with van der Waals surface area (Å²) < 4.78 is 7.11. The lowest BCUT2D eigenvalue weighted by molar-refractivity contribution is -0.117. The lowest BCUT2D eigenvalue weighted by Crippen LogP contribution is -2.09. The Labute approximate surface area is 163 Å². The highest BCUT2D eigenvalue weighted by Crippen LogP contribution is 2.36. The van der Waals surface area contributed by atoms with Crippen molar-refractivity contribution in [3.8, 4) is 5.75 Å². The summed E-state index contributed by atoms with van der Waals surface area (Å²) in [5.74, 6) is 0.942. The molecule has 0 saturated carbocycles. The maximum absolute atomic E-state index is 11.9. The van der Waals surface area contributed by atoms with Crippen molar-refractivity contribution in [2.75, 3.05) is 0 Å². The standard InChI is InChI=1S/C23H21BrO2/c1-17(25)14-21(19-10-6-3-7-11-19)22-15-20(24)12-13-23(22)26-16-18-8-4-2-5-9-18/h2-13,15,21H,14,16H2,1H3/t21-/m1/s1. The van der Waals surface area contributed by atoms with E-state index >= 15 is 0 Å². The number of Topliss-reactive ketones (excluding diaryl/α,β-unsaturated/α-hetero) is 1. The molecule has 0 fully saturated rings. The van der Waals surface area contributed by atoms with Gasteiger partial charge >= 0.3 is 0 Å². The van der Waals surface area contributed by atoms with Crippen molar-refractivity contribution in [2.45, 2.75) is 25.9 Å². The summed E-state index contributed by atoms with van der Waals surface area (Å²) in [6.07, 6.45) is 0.447. The van der Waals surface area contributed by atoms with Crippen LogP contribution in [0.2, 0.25) is 0 Å². The zero-order valence-corrected chi connectivity index (χ0v) is 16.3. The van der Waals surface area contributed by atoms with E-state index in [1.807, 2.05) is 60.7 Å². The van der Waals surface area contributed by atoms with E-state index in [0.29, 0.717) is 13.0 Å². The van der Waals surface area contributed by atoms with Crippen LogP contribution in [0, 0.1) is 0 Å². The molecule has 26 heavy (non-hydrogen) atoms. The van der Waals surface area contributed by atoms with Crippen LogP contribution >= 0.6 is 15.9 Å². The Kier molecular flexibility index (Phi) is 6.24. The number of hydrogen-bond donors (Lipinski definition) is 0. The van der Waals surface area contributed by atoms with Crippen molar-refractivity contribution in [1.82, 2.24) is 0 Å². The molecule has 0 aliphatic heterocycles. The highest BCUT2D eigenvalue weighted by atomic mass is 79.9. The molecule has 1 atom stereocenters. The molecule has 3 aromatic carbocycles. The average molecular weight is 409 g/mol. The molecule has 0 unspecified atom stereocenters. The van der Waals surface area contributed by atoms with Crippen LogP contribution in [0.25, 0.3) is 0 Å². The molecule has 0 bridgehead atoms. The molecule has 0 N–H and O–H groups in total. The van der Waals surface area contributed by atoms with Gasteiger partial charge in [-0.25, -0.2) is 0 Å². The van der Waals surface area contributed by atoms with Gasteiger partial charge in [-0.15, -0.1) is 0 Å². The number of ketones is 1. The van der Waals surface area contributed by atoms with E-state index in [1.165, 1.54) is 0 Å². The fourth-order valence-corrected chi connectivity index (χ4v) is 3.42. The number of carbonyl (C=O) groups excluding carboxylic acids is 1. The van der Waals surface area contributed by atoms with Crippen LogP contribution < -0.4 is 4.74 Å². The molecule has 0 radical (unpaired) electrons. The van der Waals surface area contributed by atoms with Crippen LogP contribution in [-0.4, -0.2) is 5.78 Å². The van der Waals surface area contributed by atoms with Gasteiger partial charge in [-0.2, -0.15) is 0 Å². The third kappa shape index (κ3) is 4.83. The number of benzene rings is 3. The van der Waals surface area contributed by atoms with Crippen molar-refractivity contribution in [2.24, 2.45) is 0 Å². The summed E-state index contributed by atoms with van der Waals surface area (Å²) in [6, 6.07) is 26.2. The predicted octanol–water partition coefficient (Wildman–Crippen LogP) is 6.14. The molecule has 0 spiro atoms. The highest BCUT2D eigenvalue weighted by molar-refractivity contribution is 9.10. The van der Waals surface area contributed by atoms with Crippen molar-refractivity contribution in [1.29, 1.82) is 0 Å². The fourth-order valence-electron chi connectivity index (χ4n) is 3.04. The van der Waals surface area contributed by atoms with Gasteiger partial charge in [0.25, 0.3) is 0 Å². The van der Waals surface area contributed by atoms with Gasteiger partial charge in [0.05, 0.1) is 0 Å². The quantitative estimate of drug-likeness (QED) is 0.469. The van der Waals surface area contributed by atoms with Gasteiger partial charge in [-0.05, 0) is 36.2 Å². The molecule has 0 aliphatic rings. The molecule has 3 rings (SSSR count). The molecule has 3 heteroatoms. The second-order valence-electron chi connectivity index (χ2n) is 6.33. The van der Waals surface area contributed by atoms with E-state index in [4.69, 9.17) is 4.74 Å². The van der Waals surface area contributed by atoms with Crippen LogP contribution in [-0.2, 0) is 11.4 Å². The minimum absolute atomic E-state index is 0.0306. The Morgan fingerprint density at radius 3 is 2.27 bits per heavy atom. The third-order valence-electron chi connectivity index (χ3n) is 4.28. The van der Waals surface area contributed by atoms with E-state index in [-0.39, 0.29) is 11.7 Å². The third-order valence-corrected chi connectivity index (χ3v) is 4.77. The Morgan fingerprint density at radius 1 is 0.962 bits per heavy atom. The van der Waals surface area contributed by atoms with E-state index in [9.17, 15) is 4.79 Å². The van der Waals surface area contributed by atoms with Crippen LogP contribution in [0.1, 0.15) is 36.0 Å². The first kappa shape index (κ1) is 18.4. The second-order valence-corrected chi connectivity index (χ2v) is 7.24. The van der Waals surface area contributed by atoms with Crippen LogP contribution in [0.3, 0.4) is 0 Å². The predicted molar refractivity (Wildman–Crippen MR) is 108 cm³/mol. The minimum Gasteiger partial charge on any atom is -0.489 e. The zero-order chi connectivity index (χ0) is 18.4. The maximum Gasteiger partial charge on any atom is 0.130 e. The normalized spacial score (nSPS) is 11.8. The number of carbonyl (C=O) groups is 1. The lowest BCUT2D eigenvalue weighted by atomic mass is 9.87. The van der Waals surface area contributed by atoms with E-state index in [0.717, 1.165) is 26.9 Å². The van der Waals surface area contributed by atoms with Gasteiger partial charge < -0.3 is 4.74 Å². The minimum atomic E-state index is -0.0306. The van der Waals surface area contributed by atoms with Crippen molar-refractivity contribution >= 4 is 21.7 Å². The monoisotopic (exact) mass is 408 g/mol. The van der Waals surface area contributed by atoms with E-state index in [2.05, 4.69) is 34.1 Å². The van der Waals surface area contributed by atoms with Gasteiger partial charge in [-0.1, -0.05) is 76.6 Å². The Morgan fingerprint density at radius 2 is 1.62 bits per heavy atom. The van der Waals surface area contributed by atoms with Crippen LogP contribution in [0.5, 0.6) is 5.75 Å². The van der Waals surface area contributed by atoms with Crippen LogP contribution in [0.15, 0.2) is 83.3 Å². The van der Waals surface area contributed by atoms with E-state index in [1.54, 1.807) is 6.92 Å². The molecule has 0 aromatic heterocycles. The summed E-state index contributed by atoms with van der Waals surface area (Å²) in [7, 11) is 0. The van der Waals surface area contributed by atoms with Crippen molar-refractivity contribution < 1.29 is 9.53 Å². The van der Waals surface area contributed by atoms with Crippen LogP contribution in [0.4, 0.5) is 0 Å². The topological polar surface area (TPSA) is 26.3 Å². The first-order valence-electron chi connectivity index (χ1n) is 8.64. The van der Waals surface area contributed by atoms with Gasteiger partial charge in [0.2, 0.25) is 0 Å². The van der Waals surface area contributed by atoms with E-state index < -0.39 is 0 Å². The SMILES string of the molecule is CC(=O)C[C@H](c1ccccc1)c1cc(Br)ccc1OCc1ccccc1. The van der Waals surface area contributed by atoms with Crippen molar-refractivity contribution in [3.63, 3.8) is 0 Å². The zero-order valence-electron chi connectivity index (χ0n) is 14.7. The number of halogens is 1. The van der Waals surface area contributed by atoms with Gasteiger partial charge in [0, 0.05) is 22.4 Å². The van der Waals surface area contributed by atoms with Gasteiger partial charge in [-0.3, -0.25) is 4.79 Å². The Balaban J connectivity index is 1.95. The van der Waals surface area contributed by atoms with Gasteiger partial charge in [0.1, 0.15) is 18.1 Å². The molecule has 0 heterocycles. The first-order valence-corrected chi connectivity index (χ1v) is 9.43. The largest absolute Gasteiger partial charge is 0.489 e. The molecule has 0 saturated heterocycles. The molecule has 132 valence electrons. The molecule has 0 aliphatic carbocycles. The number of rotatable bonds is 7. The lowest BCUT2D eigenvalue weighted by Gasteiger charge is -2.21. The first-order chi connectivity index (χ1) is 12.6. The maximum atomic E-state index is 11.9. The molecule has 3 aromatic rings. The summed E-state index contributed by atoms with van der Waals surface area (Å²) in [6.45, 7) is 2.13. The Hall–Kier alpha value is -2.39. The molecule has 0 amide bonds. The number of ether oxygens (including phenoxy) is 1. The van der Waals surface area contributed by atoms with Gasteiger partial charge in [0.15, 0.2) is 0 Å². The molecular weight excluding hydrogens is 388 g/mol. The second kappa shape index (κ2) is 8.81. The molecular formula is C23H21BrO2. The highest BCUT2D eigenvalue weighted by Gasteiger charge is 2.21. The Bertz CT molecular complexity index is 860. The van der Waals surface area contributed by atoms with Crippen molar-refractivity contribution in [3.05, 3.63) is 100 Å².